The van der Waals surface area contributed by atoms with Gasteiger partial charge in [0.25, 0.3) is 6.29 Å². The highest BCUT2D eigenvalue weighted by molar-refractivity contribution is 8.68. The summed E-state index contributed by atoms with van der Waals surface area (Å²) in [5.74, 6) is 0.802. The van der Waals surface area contributed by atoms with E-state index in [1.54, 1.807) is 0 Å². The molecule has 0 spiro atoms. The van der Waals surface area contributed by atoms with Crippen LogP contribution >= 0.6 is 22.5 Å². The zero-order valence-corrected chi connectivity index (χ0v) is 10.5. The number of hydrogen-bond acceptors (Lipinski definition) is 5. The van der Waals surface area contributed by atoms with Crippen molar-refractivity contribution < 1.29 is 14.2 Å². The molecule has 0 saturated carbocycles. The van der Waals surface area contributed by atoms with Gasteiger partial charge in [-0.2, -0.15) is 0 Å². The van der Waals surface area contributed by atoms with Crippen molar-refractivity contribution in [1.82, 2.24) is 0 Å². The van der Waals surface area contributed by atoms with Crippen molar-refractivity contribution >= 4 is 22.5 Å². The Morgan fingerprint density at radius 1 is 1.31 bits per heavy atom. The maximum Gasteiger partial charge on any atom is 0.266 e. The van der Waals surface area contributed by atoms with Gasteiger partial charge in [0.15, 0.2) is 0 Å². The molecule has 0 saturated heterocycles. The molecule has 1 aliphatic rings. The van der Waals surface area contributed by atoms with E-state index >= 15 is 0 Å². The molecule has 0 radical (unpaired) electrons. The SMILES string of the molecule is CCOc1cc(SS)cc(C2OC=CO2)c1. The third kappa shape index (κ3) is 2.59. The minimum absolute atomic E-state index is 0.375. The van der Waals surface area contributed by atoms with Crippen LogP contribution in [0.1, 0.15) is 18.8 Å². The van der Waals surface area contributed by atoms with Crippen LogP contribution < -0.4 is 4.74 Å². The normalized spacial score (nSPS) is 14.6. The van der Waals surface area contributed by atoms with Gasteiger partial charge in [0.1, 0.15) is 18.3 Å². The Balaban J connectivity index is 2.25. The number of rotatable bonds is 4. The molecule has 1 heterocycles. The maximum atomic E-state index is 5.47. The number of thiol groups is 1. The van der Waals surface area contributed by atoms with Crippen LogP contribution in [0.5, 0.6) is 5.75 Å². The lowest BCUT2D eigenvalue weighted by molar-refractivity contribution is -0.0248. The van der Waals surface area contributed by atoms with Crippen LogP contribution in [0.25, 0.3) is 0 Å². The molecule has 1 aromatic carbocycles. The highest BCUT2D eigenvalue weighted by Gasteiger charge is 2.17. The summed E-state index contributed by atoms with van der Waals surface area (Å²) in [7, 11) is 1.36. The zero-order valence-electron chi connectivity index (χ0n) is 8.75. The Labute approximate surface area is 104 Å². The summed E-state index contributed by atoms with van der Waals surface area (Å²) in [6, 6.07) is 5.82. The van der Waals surface area contributed by atoms with E-state index < -0.39 is 0 Å². The molecule has 0 atom stereocenters. The molecular weight excluding hydrogens is 244 g/mol. The monoisotopic (exact) mass is 256 g/mol. The molecule has 3 nitrogen and oxygen atoms in total. The Kier molecular flexibility index (Phi) is 3.90. The molecule has 0 unspecified atom stereocenters. The third-order valence-electron chi connectivity index (χ3n) is 2.05. The molecule has 1 aliphatic heterocycles. The van der Waals surface area contributed by atoms with Gasteiger partial charge in [0, 0.05) is 10.5 Å². The molecular formula is C11H12O3S2. The minimum Gasteiger partial charge on any atom is -0.494 e. The summed E-state index contributed by atoms with van der Waals surface area (Å²) in [4.78, 5) is 1.00. The van der Waals surface area contributed by atoms with Crippen LogP contribution in [0.4, 0.5) is 0 Å². The molecule has 2 rings (SSSR count). The summed E-state index contributed by atoms with van der Waals surface area (Å²) in [6.07, 6.45) is 2.69. The van der Waals surface area contributed by atoms with E-state index in [9.17, 15) is 0 Å². The summed E-state index contributed by atoms with van der Waals surface area (Å²) in [6.45, 7) is 2.58. The second-order valence-electron chi connectivity index (χ2n) is 3.14. The van der Waals surface area contributed by atoms with Crippen LogP contribution in [-0.2, 0) is 9.47 Å². The van der Waals surface area contributed by atoms with E-state index in [1.807, 2.05) is 25.1 Å². The van der Waals surface area contributed by atoms with Crippen molar-refractivity contribution in [3.63, 3.8) is 0 Å². The third-order valence-corrected chi connectivity index (χ3v) is 3.13. The number of hydrogen-bond donors (Lipinski definition) is 1. The van der Waals surface area contributed by atoms with E-state index in [0.717, 1.165) is 16.2 Å². The Morgan fingerprint density at radius 2 is 2.06 bits per heavy atom. The van der Waals surface area contributed by atoms with Gasteiger partial charge in [-0.3, -0.25) is 0 Å². The second kappa shape index (κ2) is 5.41. The molecule has 0 amide bonds. The van der Waals surface area contributed by atoms with Gasteiger partial charge < -0.3 is 14.2 Å². The quantitative estimate of drug-likeness (QED) is 0.658. The topological polar surface area (TPSA) is 27.7 Å². The van der Waals surface area contributed by atoms with Gasteiger partial charge in [0.05, 0.1) is 6.61 Å². The fourth-order valence-electron chi connectivity index (χ4n) is 1.43. The lowest BCUT2D eigenvalue weighted by atomic mass is 10.2. The Hall–Kier alpha value is -0.940. The molecule has 5 heteroatoms. The zero-order chi connectivity index (χ0) is 11.4. The minimum atomic E-state index is -0.375. The largest absolute Gasteiger partial charge is 0.494 e. The predicted octanol–water partition coefficient (Wildman–Crippen LogP) is 3.54. The molecule has 0 bridgehead atoms. The number of ether oxygens (including phenoxy) is 3. The summed E-state index contributed by atoms with van der Waals surface area (Å²) in [5.41, 5.74) is 0.924. The molecule has 16 heavy (non-hydrogen) atoms. The lowest BCUT2D eigenvalue weighted by Crippen LogP contribution is -2.00. The van der Waals surface area contributed by atoms with E-state index in [-0.39, 0.29) is 6.29 Å². The van der Waals surface area contributed by atoms with Gasteiger partial charge in [-0.05, 0) is 25.1 Å². The van der Waals surface area contributed by atoms with E-state index in [2.05, 4.69) is 11.7 Å². The van der Waals surface area contributed by atoms with Crippen molar-refractivity contribution in [2.75, 3.05) is 6.61 Å². The van der Waals surface area contributed by atoms with E-state index in [4.69, 9.17) is 14.2 Å². The second-order valence-corrected chi connectivity index (χ2v) is 4.34. The summed E-state index contributed by atoms with van der Waals surface area (Å²) in [5, 5.41) is 0. The summed E-state index contributed by atoms with van der Waals surface area (Å²) >= 11 is 4.18. The van der Waals surface area contributed by atoms with E-state index in [0.29, 0.717) is 6.61 Å². The van der Waals surface area contributed by atoms with Crippen LogP contribution in [0.15, 0.2) is 35.6 Å². The van der Waals surface area contributed by atoms with Gasteiger partial charge in [0.2, 0.25) is 0 Å². The predicted molar refractivity (Wildman–Crippen MR) is 66.5 cm³/mol. The smallest absolute Gasteiger partial charge is 0.266 e. The number of benzene rings is 1. The van der Waals surface area contributed by atoms with Crippen molar-refractivity contribution in [1.29, 1.82) is 0 Å². The van der Waals surface area contributed by atoms with Crippen molar-refractivity contribution in [2.24, 2.45) is 0 Å². The highest BCUT2D eigenvalue weighted by Crippen LogP contribution is 2.33. The summed E-state index contributed by atoms with van der Waals surface area (Å²) < 4.78 is 16.0. The van der Waals surface area contributed by atoms with Crippen LogP contribution in [0.3, 0.4) is 0 Å². The highest BCUT2D eigenvalue weighted by atomic mass is 33.1. The van der Waals surface area contributed by atoms with Crippen LogP contribution in [0.2, 0.25) is 0 Å². The molecule has 86 valence electrons. The Bertz CT molecular complexity index is 385. The van der Waals surface area contributed by atoms with E-state index in [1.165, 1.54) is 23.3 Å². The Morgan fingerprint density at radius 3 is 2.69 bits per heavy atom. The van der Waals surface area contributed by atoms with Gasteiger partial charge >= 0.3 is 0 Å². The standard InChI is InChI=1S/C11H12O3S2/c1-2-12-9-5-8(6-10(7-9)16-15)11-13-3-4-14-11/h3-7,11,15H,2H2,1H3. The van der Waals surface area contributed by atoms with Gasteiger partial charge in [-0.15, -0.1) is 11.7 Å². The first-order chi connectivity index (χ1) is 7.83. The molecule has 0 aliphatic carbocycles. The maximum absolute atomic E-state index is 5.47. The first-order valence-corrected chi connectivity index (χ1v) is 6.75. The lowest BCUT2D eigenvalue weighted by Gasteiger charge is -2.13. The molecule has 0 N–H and O–H groups in total. The fraction of sp³-hybridized carbons (Fsp3) is 0.273. The van der Waals surface area contributed by atoms with Crippen LogP contribution in [0, 0.1) is 0 Å². The van der Waals surface area contributed by atoms with Crippen LogP contribution in [-0.4, -0.2) is 6.61 Å². The molecule has 1 aromatic rings. The van der Waals surface area contributed by atoms with Crippen molar-refractivity contribution in [2.45, 2.75) is 18.1 Å². The molecule has 0 fully saturated rings. The average molecular weight is 256 g/mol. The fourth-order valence-corrected chi connectivity index (χ4v) is 2.10. The molecule has 0 aromatic heterocycles. The van der Waals surface area contributed by atoms with Crippen molar-refractivity contribution in [3.8, 4) is 5.75 Å². The van der Waals surface area contributed by atoms with Gasteiger partial charge in [-0.1, -0.05) is 10.8 Å². The first kappa shape index (κ1) is 11.5. The van der Waals surface area contributed by atoms with Crippen molar-refractivity contribution in [3.05, 3.63) is 36.3 Å². The average Bonchev–Trinajstić information content (AvgIpc) is 2.82. The van der Waals surface area contributed by atoms with Gasteiger partial charge in [-0.25, -0.2) is 0 Å². The first-order valence-electron chi connectivity index (χ1n) is 4.88.